The number of nitrogens with zero attached hydrogens (tertiary/aromatic N) is 3. The van der Waals surface area contributed by atoms with Crippen molar-refractivity contribution >= 4 is 29.4 Å². The number of amidine groups is 1. The first kappa shape index (κ1) is 27.3. The number of pyridine rings is 1. The van der Waals surface area contributed by atoms with Gasteiger partial charge in [0.05, 0.1) is 25.8 Å². The molecule has 1 aromatic heterocycles. The van der Waals surface area contributed by atoms with Crippen molar-refractivity contribution in [3.63, 3.8) is 0 Å². The van der Waals surface area contributed by atoms with Crippen LogP contribution in [0, 0.1) is 12.7 Å². The molecular formula is C25H28ClFN4O5. The molecule has 2 heterocycles. The van der Waals surface area contributed by atoms with Gasteiger partial charge in [-0.1, -0.05) is 17.7 Å². The fourth-order valence-electron chi connectivity index (χ4n) is 3.78. The second kappa shape index (κ2) is 12.6. The standard InChI is InChI=1S/C25H28ClFN4O5/c1-4-36-10-9-31(14-21(32)33)13-20-22(25(34)35-3)23(17-6-5-16(27)12-18(17)26)30-24(29-20)19-11-15(2)7-8-28-19/h5-8,11-12,23H,4,9-10,13-14H2,1-3H3,(H,29,30)(H,32,33)/t23-/m0/s1. The SMILES string of the molecule is CCOCCN(CC(=O)O)CC1=C(C(=O)OC)[C@H](c2ccc(F)cc2Cl)N=C(c2cc(C)ccn2)N1. The molecule has 0 unspecified atom stereocenters. The quantitative estimate of drug-likeness (QED) is 0.344. The average molecular weight is 519 g/mol. The summed E-state index contributed by atoms with van der Waals surface area (Å²) in [6.45, 7) is 4.60. The van der Waals surface area contributed by atoms with Gasteiger partial charge in [0.1, 0.15) is 17.6 Å². The molecule has 0 saturated heterocycles. The Morgan fingerprint density at radius 1 is 1.28 bits per heavy atom. The van der Waals surface area contributed by atoms with E-state index in [1.807, 2.05) is 26.0 Å². The lowest BCUT2D eigenvalue weighted by molar-refractivity contribution is -0.138. The highest BCUT2D eigenvalue weighted by Gasteiger charge is 2.34. The molecule has 1 atom stereocenters. The van der Waals surface area contributed by atoms with Crippen molar-refractivity contribution in [1.82, 2.24) is 15.2 Å². The van der Waals surface area contributed by atoms with Gasteiger partial charge in [0, 0.05) is 42.2 Å². The summed E-state index contributed by atoms with van der Waals surface area (Å²) in [5.41, 5.74) is 2.35. The first-order valence-corrected chi connectivity index (χ1v) is 11.7. The van der Waals surface area contributed by atoms with E-state index >= 15 is 0 Å². The zero-order valence-electron chi connectivity index (χ0n) is 20.3. The van der Waals surface area contributed by atoms with E-state index in [4.69, 9.17) is 26.1 Å². The molecule has 9 nitrogen and oxygen atoms in total. The summed E-state index contributed by atoms with van der Waals surface area (Å²) in [7, 11) is 1.24. The van der Waals surface area contributed by atoms with Crippen molar-refractivity contribution in [1.29, 1.82) is 0 Å². The summed E-state index contributed by atoms with van der Waals surface area (Å²) < 4.78 is 24.3. The lowest BCUT2D eigenvalue weighted by Gasteiger charge is -2.30. The average Bonchev–Trinajstić information content (AvgIpc) is 2.83. The summed E-state index contributed by atoms with van der Waals surface area (Å²) in [5, 5.41) is 12.7. The van der Waals surface area contributed by atoms with Crippen LogP contribution in [0.5, 0.6) is 0 Å². The van der Waals surface area contributed by atoms with Crippen LogP contribution in [-0.2, 0) is 19.1 Å². The highest BCUT2D eigenvalue weighted by atomic mass is 35.5. The third-order valence-electron chi connectivity index (χ3n) is 5.44. The predicted molar refractivity (Wildman–Crippen MR) is 132 cm³/mol. The van der Waals surface area contributed by atoms with Crippen molar-refractivity contribution in [2.75, 3.05) is 40.0 Å². The molecule has 2 aromatic rings. The van der Waals surface area contributed by atoms with Gasteiger partial charge in [-0.05, 0) is 43.7 Å². The van der Waals surface area contributed by atoms with Crippen LogP contribution in [-0.4, -0.2) is 72.7 Å². The van der Waals surface area contributed by atoms with Crippen molar-refractivity contribution in [2.45, 2.75) is 19.9 Å². The van der Waals surface area contributed by atoms with Crippen LogP contribution >= 0.6 is 11.6 Å². The number of nitrogens with one attached hydrogen (secondary N) is 1. The van der Waals surface area contributed by atoms with Crippen molar-refractivity contribution in [3.05, 3.63) is 75.5 Å². The summed E-state index contributed by atoms with van der Waals surface area (Å²) in [6.07, 6.45) is 1.63. The van der Waals surface area contributed by atoms with Gasteiger partial charge in [-0.2, -0.15) is 0 Å². The van der Waals surface area contributed by atoms with E-state index in [1.165, 1.54) is 19.2 Å². The fourth-order valence-corrected chi connectivity index (χ4v) is 4.05. The molecule has 0 aliphatic carbocycles. The first-order valence-electron chi connectivity index (χ1n) is 11.3. The molecule has 36 heavy (non-hydrogen) atoms. The topological polar surface area (TPSA) is 113 Å². The van der Waals surface area contributed by atoms with Crippen LogP contribution in [0.3, 0.4) is 0 Å². The second-order valence-electron chi connectivity index (χ2n) is 8.07. The number of carbonyl (C=O) groups excluding carboxylic acids is 1. The van der Waals surface area contributed by atoms with E-state index in [1.54, 1.807) is 11.1 Å². The van der Waals surface area contributed by atoms with E-state index < -0.39 is 23.8 Å². The Kier molecular flexibility index (Phi) is 9.51. The number of carboxylic acid groups (broad SMARTS) is 1. The first-order chi connectivity index (χ1) is 17.2. The lowest BCUT2D eigenvalue weighted by atomic mass is 9.94. The Hall–Kier alpha value is -3.34. The van der Waals surface area contributed by atoms with Gasteiger partial charge < -0.3 is 19.9 Å². The highest BCUT2D eigenvalue weighted by molar-refractivity contribution is 6.31. The number of methoxy groups -OCH3 is 1. The fraction of sp³-hybridized carbons (Fsp3) is 0.360. The molecule has 0 fully saturated rings. The molecule has 11 heteroatoms. The van der Waals surface area contributed by atoms with Crippen LogP contribution in [0.2, 0.25) is 5.02 Å². The third-order valence-corrected chi connectivity index (χ3v) is 5.77. The number of hydrogen-bond donors (Lipinski definition) is 2. The third kappa shape index (κ3) is 6.87. The van der Waals surface area contributed by atoms with Gasteiger partial charge in [0.15, 0.2) is 5.84 Å². The van der Waals surface area contributed by atoms with Crippen LogP contribution in [0.15, 0.2) is 52.8 Å². The van der Waals surface area contributed by atoms with E-state index in [9.17, 15) is 19.1 Å². The van der Waals surface area contributed by atoms with Gasteiger partial charge in [0.2, 0.25) is 0 Å². The number of carboxylic acids is 1. The molecule has 0 saturated carbocycles. The van der Waals surface area contributed by atoms with Gasteiger partial charge >= 0.3 is 11.9 Å². The molecule has 1 aromatic carbocycles. The van der Waals surface area contributed by atoms with E-state index in [-0.39, 0.29) is 23.7 Å². The highest BCUT2D eigenvalue weighted by Crippen LogP contribution is 2.36. The van der Waals surface area contributed by atoms with E-state index in [0.29, 0.717) is 42.5 Å². The van der Waals surface area contributed by atoms with Crippen LogP contribution in [0.4, 0.5) is 4.39 Å². The zero-order valence-corrected chi connectivity index (χ0v) is 21.0. The number of hydrogen-bond acceptors (Lipinski definition) is 8. The largest absolute Gasteiger partial charge is 0.480 e. The lowest BCUT2D eigenvalue weighted by Crippen LogP contribution is -2.42. The van der Waals surface area contributed by atoms with Crippen molar-refractivity contribution in [2.24, 2.45) is 4.99 Å². The number of carbonyl (C=O) groups is 2. The molecule has 3 rings (SSSR count). The van der Waals surface area contributed by atoms with Gasteiger partial charge in [-0.25, -0.2) is 9.18 Å². The van der Waals surface area contributed by atoms with Crippen molar-refractivity contribution < 1.29 is 28.6 Å². The normalized spacial score (nSPS) is 15.5. The number of aliphatic carboxylic acids is 1. The summed E-state index contributed by atoms with van der Waals surface area (Å²) in [6, 6.07) is 6.55. The van der Waals surface area contributed by atoms with E-state index in [2.05, 4.69) is 10.3 Å². The number of rotatable bonds is 11. The maximum absolute atomic E-state index is 13.8. The molecule has 0 radical (unpaired) electrons. The molecule has 2 N–H and O–H groups in total. The zero-order chi connectivity index (χ0) is 26.2. The molecule has 192 valence electrons. The van der Waals surface area contributed by atoms with Crippen LogP contribution in [0.1, 0.15) is 29.8 Å². The number of aryl methyl sites for hydroxylation is 1. The Morgan fingerprint density at radius 2 is 2.06 bits per heavy atom. The smallest absolute Gasteiger partial charge is 0.338 e. The minimum absolute atomic E-state index is 0.0456. The molecule has 0 bridgehead atoms. The maximum atomic E-state index is 13.8. The Balaban J connectivity index is 2.14. The van der Waals surface area contributed by atoms with Gasteiger partial charge in [-0.3, -0.25) is 19.7 Å². The Morgan fingerprint density at radius 3 is 2.69 bits per heavy atom. The maximum Gasteiger partial charge on any atom is 0.338 e. The molecule has 1 aliphatic heterocycles. The number of halogens is 2. The summed E-state index contributed by atoms with van der Waals surface area (Å²) >= 11 is 6.38. The Bertz CT molecular complexity index is 1190. The van der Waals surface area contributed by atoms with Crippen LogP contribution in [0.25, 0.3) is 0 Å². The molecule has 1 aliphatic rings. The number of aromatic nitrogens is 1. The number of ether oxygens (including phenoxy) is 2. The Labute approximate surface area is 213 Å². The minimum Gasteiger partial charge on any atom is -0.480 e. The number of benzene rings is 1. The van der Waals surface area contributed by atoms with E-state index in [0.717, 1.165) is 11.6 Å². The minimum atomic E-state index is -1.03. The number of aliphatic imine (C=N–C) groups is 1. The number of esters is 1. The van der Waals surface area contributed by atoms with Crippen molar-refractivity contribution in [3.8, 4) is 0 Å². The monoisotopic (exact) mass is 518 g/mol. The molecular weight excluding hydrogens is 491 g/mol. The molecule has 0 spiro atoms. The summed E-state index contributed by atoms with van der Waals surface area (Å²) in [5.74, 6) is -1.89. The molecule has 0 amide bonds. The van der Waals surface area contributed by atoms with Gasteiger partial charge in [0.25, 0.3) is 0 Å². The predicted octanol–water partition coefficient (Wildman–Crippen LogP) is 3.12. The van der Waals surface area contributed by atoms with Crippen LogP contribution < -0.4 is 5.32 Å². The second-order valence-corrected chi connectivity index (χ2v) is 8.48. The summed E-state index contributed by atoms with van der Waals surface area (Å²) in [4.78, 5) is 35.3. The van der Waals surface area contributed by atoms with Gasteiger partial charge in [-0.15, -0.1) is 0 Å².